The molecule has 0 spiro atoms. The summed E-state index contributed by atoms with van der Waals surface area (Å²) in [6, 6.07) is 1.76. The molecule has 0 atom stereocenters. The van der Waals surface area contributed by atoms with Crippen LogP contribution in [0.4, 0.5) is 4.79 Å². The van der Waals surface area contributed by atoms with Crippen molar-refractivity contribution in [3.63, 3.8) is 0 Å². The van der Waals surface area contributed by atoms with Crippen LogP contribution in [0, 0.1) is 0 Å². The van der Waals surface area contributed by atoms with Gasteiger partial charge in [0.1, 0.15) is 0 Å². The number of carboxylic acid groups (broad SMARTS) is 1. The molecule has 0 aromatic rings. The largest absolute Gasteiger partial charge is 0.465 e. The van der Waals surface area contributed by atoms with E-state index in [4.69, 9.17) is 14.0 Å². The highest BCUT2D eigenvalue weighted by atomic mass is 28.4. The van der Waals surface area contributed by atoms with Gasteiger partial charge >= 0.3 is 14.7 Å². The van der Waals surface area contributed by atoms with E-state index in [1.807, 2.05) is 13.8 Å². The lowest BCUT2D eigenvalue weighted by molar-refractivity contribution is 0.153. The zero-order chi connectivity index (χ0) is 13.3. The van der Waals surface area contributed by atoms with E-state index in [0.717, 1.165) is 18.5 Å². The Morgan fingerprint density at radius 3 is 2.12 bits per heavy atom. The summed E-state index contributed by atoms with van der Waals surface area (Å²) < 4.78 is 11.6. The van der Waals surface area contributed by atoms with E-state index in [1.165, 1.54) is 4.90 Å². The van der Waals surface area contributed by atoms with Gasteiger partial charge in [-0.3, -0.25) is 0 Å². The quantitative estimate of drug-likeness (QED) is 0.649. The maximum Gasteiger partial charge on any atom is 0.407 e. The molecule has 17 heavy (non-hydrogen) atoms. The molecule has 0 aromatic heterocycles. The van der Waals surface area contributed by atoms with Gasteiger partial charge < -0.3 is 18.9 Å². The molecule has 0 aromatic carbocycles. The minimum Gasteiger partial charge on any atom is -0.465 e. The van der Waals surface area contributed by atoms with Crippen LogP contribution in [-0.2, 0) is 8.85 Å². The number of amides is 1. The Morgan fingerprint density at radius 1 is 1.24 bits per heavy atom. The zero-order valence-corrected chi connectivity index (χ0v) is 12.4. The van der Waals surface area contributed by atoms with E-state index >= 15 is 0 Å². The topological polar surface area (TPSA) is 59.0 Å². The molecule has 0 saturated heterocycles. The average Bonchev–Trinajstić information content (AvgIpc) is 2.29. The third-order valence-electron chi connectivity index (χ3n) is 2.73. The molecule has 1 amide bonds. The van der Waals surface area contributed by atoms with Crippen LogP contribution >= 0.6 is 0 Å². The van der Waals surface area contributed by atoms with Gasteiger partial charge in [-0.25, -0.2) is 4.79 Å². The Hall–Kier alpha value is -0.593. The second-order valence-corrected chi connectivity index (χ2v) is 7.54. The van der Waals surface area contributed by atoms with Gasteiger partial charge in [-0.1, -0.05) is 6.92 Å². The molecule has 0 fully saturated rings. The summed E-state index contributed by atoms with van der Waals surface area (Å²) in [5.74, 6) is 0. The number of hydrogen-bond donors (Lipinski definition) is 1. The molecule has 102 valence electrons. The third kappa shape index (κ3) is 6.04. The van der Waals surface area contributed by atoms with Crippen molar-refractivity contribution in [2.24, 2.45) is 0 Å². The van der Waals surface area contributed by atoms with Crippen molar-refractivity contribution in [1.82, 2.24) is 4.90 Å². The van der Waals surface area contributed by atoms with Gasteiger partial charge in [0.2, 0.25) is 0 Å². The van der Waals surface area contributed by atoms with Crippen LogP contribution in [0.15, 0.2) is 0 Å². The first-order valence-corrected chi connectivity index (χ1v) is 8.46. The summed E-state index contributed by atoms with van der Waals surface area (Å²) in [5.41, 5.74) is 0. The van der Waals surface area contributed by atoms with E-state index in [2.05, 4.69) is 6.92 Å². The van der Waals surface area contributed by atoms with Crippen LogP contribution in [0.1, 0.15) is 27.2 Å². The Morgan fingerprint density at radius 2 is 1.76 bits per heavy atom. The number of rotatable bonds is 9. The first-order valence-electron chi connectivity index (χ1n) is 6.23. The predicted octanol–water partition coefficient (Wildman–Crippen LogP) is 2.52. The SMILES string of the molecule is CCO[Si](CC)(CCCN(C)C(=O)O)OCC. The molecule has 0 aliphatic carbocycles. The Balaban J connectivity index is 4.19. The van der Waals surface area contributed by atoms with Crippen molar-refractivity contribution in [3.05, 3.63) is 0 Å². The Kier molecular flexibility index (Phi) is 8.19. The average molecular weight is 263 g/mol. The van der Waals surface area contributed by atoms with Gasteiger partial charge in [0, 0.05) is 26.8 Å². The molecule has 5 nitrogen and oxygen atoms in total. The van der Waals surface area contributed by atoms with Crippen LogP contribution in [0.2, 0.25) is 12.1 Å². The highest BCUT2D eigenvalue weighted by Crippen LogP contribution is 2.21. The van der Waals surface area contributed by atoms with Gasteiger partial charge in [0.05, 0.1) is 0 Å². The maximum absolute atomic E-state index is 10.7. The van der Waals surface area contributed by atoms with Crippen LogP contribution in [0.25, 0.3) is 0 Å². The Bertz CT molecular complexity index is 220. The summed E-state index contributed by atoms with van der Waals surface area (Å²) >= 11 is 0. The lowest BCUT2D eigenvalue weighted by Crippen LogP contribution is -2.42. The molecular weight excluding hydrogens is 238 g/mol. The molecular formula is C11H25NO4Si. The van der Waals surface area contributed by atoms with E-state index < -0.39 is 14.7 Å². The minimum absolute atomic E-state index is 0.532. The molecule has 6 heteroatoms. The van der Waals surface area contributed by atoms with E-state index in [0.29, 0.717) is 19.8 Å². The first-order chi connectivity index (χ1) is 8.01. The fourth-order valence-electron chi connectivity index (χ4n) is 1.77. The monoisotopic (exact) mass is 263 g/mol. The number of hydrogen-bond acceptors (Lipinski definition) is 3. The molecule has 0 aliphatic rings. The second-order valence-electron chi connectivity index (χ2n) is 3.94. The van der Waals surface area contributed by atoms with E-state index in [1.54, 1.807) is 7.05 Å². The van der Waals surface area contributed by atoms with E-state index in [9.17, 15) is 4.79 Å². The molecule has 0 unspecified atom stereocenters. The summed E-state index contributed by atoms with van der Waals surface area (Å²) in [5, 5.41) is 8.75. The third-order valence-corrected chi connectivity index (χ3v) is 6.55. The molecule has 0 heterocycles. The van der Waals surface area contributed by atoms with Gasteiger partial charge in [0.25, 0.3) is 0 Å². The standard InChI is InChI=1S/C11H25NO4Si/c1-5-15-17(7-3,16-6-2)10-8-9-12(4)11(13)14/h5-10H2,1-4H3,(H,13,14). The van der Waals surface area contributed by atoms with Crippen LogP contribution in [-0.4, -0.2) is 51.5 Å². The van der Waals surface area contributed by atoms with Crippen LogP contribution < -0.4 is 0 Å². The number of carbonyl (C=O) groups is 1. The maximum atomic E-state index is 10.7. The molecule has 0 rings (SSSR count). The van der Waals surface area contributed by atoms with Gasteiger partial charge in [-0.2, -0.15) is 0 Å². The summed E-state index contributed by atoms with van der Waals surface area (Å²) in [4.78, 5) is 11.9. The van der Waals surface area contributed by atoms with Crippen molar-refractivity contribution in [2.45, 2.75) is 39.3 Å². The fraction of sp³-hybridized carbons (Fsp3) is 0.909. The van der Waals surface area contributed by atoms with E-state index in [-0.39, 0.29) is 0 Å². The van der Waals surface area contributed by atoms with Gasteiger partial charge in [0.15, 0.2) is 0 Å². The van der Waals surface area contributed by atoms with Crippen molar-refractivity contribution >= 4 is 14.7 Å². The van der Waals surface area contributed by atoms with Gasteiger partial charge in [-0.15, -0.1) is 0 Å². The van der Waals surface area contributed by atoms with Crippen molar-refractivity contribution < 1.29 is 18.8 Å². The predicted molar refractivity (Wildman–Crippen MR) is 69.6 cm³/mol. The lowest BCUT2D eigenvalue weighted by atomic mass is 10.4. The number of nitrogens with zero attached hydrogens (tertiary/aromatic N) is 1. The normalized spacial score (nSPS) is 11.5. The Labute approximate surface area is 105 Å². The molecule has 0 saturated carbocycles. The highest BCUT2D eigenvalue weighted by molar-refractivity contribution is 6.67. The van der Waals surface area contributed by atoms with Crippen molar-refractivity contribution in [3.8, 4) is 0 Å². The zero-order valence-electron chi connectivity index (χ0n) is 11.4. The second kappa shape index (κ2) is 8.49. The smallest absolute Gasteiger partial charge is 0.407 e. The van der Waals surface area contributed by atoms with Crippen LogP contribution in [0.3, 0.4) is 0 Å². The van der Waals surface area contributed by atoms with Crippen molar-refractivity contribution in [2.75, 3.05) is 26.8 Å². The summed E-state index contributed by atoms with van der Waals surface area (Å²) in [6.45, 7) is 7.88. The van der Waals surface area contributed by atoms with Gasteiger partial charge in [-0.05, 0) is 32.4 Å². The summed E-state index contributed by atoms with van der Waals surface area (Å²) in [7, 11) is -0.508. The lowest BCUT2D eigenvalue weighted by Gasteiger charge is -2.29. The first kappa shape index (κ1) is 16.4. The molecule has 0 radical (unpaired) electrons. The minimum atomic E-state index is -2.09. The molecule has 0 aliphatic heterocycles. The molecule has 0 bridgehead atoms. The highest BCUT2D eigenvalue weighted by Gasteiger charge is 2.34. The van der Waals surface area contributed by atoms with Crippen LogP contribution in [0.5, 0.6) is 0 Å². The fourth-order valence-corrected chi connectivity index (χ4v) is 4.66. The summed E-state index contributed by atoms with van der Waals surface area (Å²) in [6.07, 6.45) is -0.0929. The van der Waals surface area contributed by atoms with Crippen molar-refractivity contribution in [1.29, 1.82) is 0 Å². The molecule has 1 N–H and O–H groups in total.